The molecule has 2 fully saturated rings. The molecule has 0 spiro atoms. The Hall–Kier alpha value is -1.39. The normalized spacial score (nSPS) is 25.7. The zero-order valence-corrected chi connectivity index (χ0v) is 15.0. The third-order valence-corrected chi connectivity index (χ3v) is 5.26. The maximum atomic E-state index is 6.03. The number of hydrogen-bond donors (Lipinski definition) is 0. The Balaban J connectivity index is 1.48. The van der Waals surface area contributed by atoms with Crippen LogP contribution in [0.25, 0.3) is 0 Å². The van der Waals surface area contributed by atoms with Crippen LogP contribution < -0.4 is 0 Å². The van der Waals surface area contributed by atoms with Gasteiger partial charge in [0.15, 0.2) is 6.29 Å². The molecule has 2 aliphatic heterocycles. The second kappa shape index (κ2) is 7.46. The molecule has 2 saturated heterocycles. The minimum atomic E-state index is -0.331. The van der Waals surface area contributed by atoms with Crippen LogP contribution in [0.4, 0.5) is 0 Å². The summed E-state index contributed by atoms with van der Waals surface area (Å²) in [6.45, 7) is 2.19. The zero-order chi connectivity index (χ0) is 17.1. The van der Waals surface area contributed by atoms with E-state index < -0.39 is 0 Å². The first-order valence-electron chi connectivity index (χ1n) is 8.99. The topological polar surface area (TPSA) is 31.0 Å². The molecule has 0 amide bonds. The number of ether oxygens (including phenoxy) is 3. The molecule has 0 N–H and O–H groups in total. The highest BCUT2D eigenvalue weighted by atomic mass is 35.5. The fourth-order valence-corrected chi connectivity index (χ4v) is 3.67. The van der Waals surface area contributed by atoms with Crippen LogP contribution in [0.3, 0.4) is 0 Å². The number of benzene rings is 2. The molecule has 2 heterocycles. The lowest BCUT2D eigenvalue weighted by Crippen LogP contribution is -2.23. The molecule has 0 radical (unpaired) electrons. The summed E-state index contributed by atoms with van der Waals surface area (Å²) in [7, 11) is 0. The van der Waals surface area contributed by atoms with Crippen LogP contribution in [-0.2, 0) is 26.2 Å². The van der Waals surface area contributed by atoms with Gasteiger partial charge in [-0.2, -0.15) is 0 Å². The van der Waals surface area contributed by atoms with Gasteiger partial charge in [-0.25, -0.2) is 0 Å². The van der Waals surface area contributed by atoms with Gasteiger partial charge in [0.05, 0.1) is 13.2 Å². The number of halogens is 1. The molecule has 3 nitrogen and oxygen atoms in total. The van der Waals surface area contributed by atoms with Crippen LogP contribution in [-0.4, -0.2) is 26.1 Å². The summed E-state index contributed by atoms with van der Waals surface area (Å²) in [5.74, 6) is 0. The SMILES string of the molecule is Clc1ccc(C2(c3ccccc3CCOC3CCCCO3)CO2)cc1. The Bertz CT molecular complexity index is 703. The molecule has 25 heavy (non-hydrogen) atoms. The van der Waals surface area contributed by atoms with E-state index in [1.54, 1.807) is 0 Å². The summed E-state index contributed by atoms with van der Waals surface area (Å²) in [5, 5.41) is 0.744. The van der Waals surface area contributed by atoms with Crippen molar-refractivity contribution in [1.29, 1.82) is 0 Å². The summed E-state index contributed by atoms with van der Waals surface area (Å²) in [4.78, 5) is 0. The molecule has 0 aromatic heterocycles. The van der Waals surface area contributed by atoms with E-state index in [1.165, 1.54) is 17.5 Å². The quantitative estimate of drug-likeness (QED) is 0.701. The highest BCUT2D eigenvalue weighted by Gasteiger charge is 2.49. The van der Waals surface area contributed by atoms with Crippen LogP contribution in [0.15, 0.2) is 48.5 Å². The maximum Gasteiger partial charge on any atom is 0.157 e. The molecule has 2 aromatic rings. The van der Waals surface area contributed by atoms with Gasteiger partial charge in [-0.3, -0.25) is 0 Å². The lowest BCUT2D eigenvalue weighted by molar-refractivity contribution is -0.161. The van der Waals surface area contributed by atoms with Crippen molar-refractivity contribution in [2.45, 2.75) is 37.6 Å². The van der Waals surface area contributed by atoms with E-state index in [0.29, 0.717) is 13.2 Å². The van der Waals surface area contributed by atoms with Crippen molar-refractivity contribution in [3.63, 3.8) is 0 Å². The highest BCUT2D eigenvalue weighted by molar-refractivity contribution is 6.30. The van der Waals surface area contributed by atoms with Gasteiger partial charge in [-0.05, 0) is 54.5 Å². The third-order valence-electron chi connectivity index (χ3n) is 5.01. The Morgan fingerprint density at radius 3 is 2.60 bits per heavy atom. The summed E-state index contributed by atoms with van der Waals surface area (Å²) in [6.07, 6.45) is 4.15. The molecule has 2 atom stereocenters. The van der Waals surface area contributed by atoms with Gasteiger partial charge >= 0.3 is 0 Å². The first-order chi connectivity index (χ1) is 12.3. The lowest BCUT2D eigenvalue weighted by atomic mass is 9.87. The van der Waals surface area contributed by atoms with Gasteiger partial charge in [0, 0.05) is 11.6 Å². The largest absolute Gasteiger partial charge is 0.359 e. The Kier molecular flexibility index (Phi) is 5.09. The van der Waals surface area contributed by atoms with E-state index in [0.717, 1.165) is 36.5 Å². The predicted molar refractivity (Wildman–Crippen MR) is 97.9 cm³/mol. The maximum absolute atomic E-state index is 6.03. The Morgan fingerprint density at radius 2 is 1.88 bits per heavy atom. The summed E-state index contributed by atoms with van der Waals surface area (Å²) >= 11 is 6.03. The van der Waals surface area contributed by atoms with Gasteiger partial charge in [-0.1, -0.05) is 48.0 Å². The highest BCUT2D eigenvalue weighted by Crippen LogP contribution is 2.46. The van der Waals surface area contributed by atoms with E-state index >= 15 is 0 Å². The number of rotatable bonds is 6. The van der Waals surface area contributed by atoms with Crippen molar-refractivity contribution in [1.82, 2.24) is 0 Å². The first kappa shape index (κ1) is 17.0. The third kappa shape index (κ3) is 3.75. The number of hydrogen-bond acceptors (Lipinski definition) is 3. The van der Waals surface area contributed by atoms with E-state index in [4.69, 9.17) is 25.8 Å². The smallest absolute Gasteiger partial charge is 0.157 e. The van der Waals surface area contributed by atoms with Crippen LogP contribution in [0.2, 0.25) is 5.02 Å². The van der Waals surface area contributed by atoms with E-state index in [1.807, 2.05) is 12.1 Å². The van der Waals surface area contributed by atoms with Crippen molar-refractivity contribution in [3.05, 3.63) is 70.2 Å². The molecular formula is C21H23ClO3. The standard InChI is InChI=1S/C21H23ClO3/c22-18-10-8-17(9-11-18)21(15-25-21)19-6-2-1-5-16(19)12-14-24-20-7-3-4-13-23-20/h1-2,5-6,8-11,20H,3-4,7,12-15H2. The van der Waals surface area contributed by atoms with Crippen LogP contribution >= 0.6 is 11.6 Å². The average molecular weight is 359 g/mol. The molecule has 4 rings (SSSR count). The van der Waals surface area contributed by atoms with Crippen molar-refractivity contribution in [2.24, 2.45) is 0 Å². The summed E-state index contributed by atoms with van der Waals surface area (Å²) in [5.41, 5.74) is 3.32. The number of epoxide rings is 1. The van der Waals surface area contributed by atoms with Gasteiger partial charge in [0.25, 0.3) is 0 Å². The van der Waals surface area contributed by atoms with Crippen LogP contribution in [0.5, 0.6) is 0 Å². The Labute approximate surface area is 153 Å². The van der Waals surface area contributed by atoms with Crippen LogP contribution in [0.1, 0.15) is 36.0 Å². The van der Waals surface area contributed by atoms with Crippen molar-refractivity contribution >= 4 is 11.6 Å². The molecule has 0 aliphatic carbocycles. The van der Waals surface area contributed by atoms with E-state index in [9.17, 15) is 0 Å². The van der Waals surface area contributed by atoms with Gasteiger partial charge in [0.2, 0.25) is 0 Å². The molecule has 132 valence electrons. The molecular weight excluding hydrogens is 336 g/mol. The van der Waals surface area contributed by atoms with Gasteiger partial charge in [0.1, 0.15) is 5.60 Å². The summed E-state index contributed by atoms with van der Waals surface area (Å²) < 4.78 is 17.5. The lowest BCUT2D eigenvalue weighted by Gasteiger charge is -2.23. The van der Waals surface area contributed by atoms with Crippen LogP contribution in [0, 0.1) is 0 Å². The molecule has 2 unspecified atom stereocenters. The monoisotopic (exact) mass is 358 g/mol. The minimum Gasteiger partial charge on any atom is -0.359 e. The average Bonchev–Trinajstić information content (AvgIpc) is 3.45. The Morgan fingerprint density at radius 1 is 1.08 bits per heavy atom. The second-order valence-corrected chi connectivity index (χ2v) is 7.13. The van der Waals surface area contributed by atoms with Gasteiger partial charge in [-0.15, -0.1) is 0 Å². The van der Waals surface area contributed by atoms with Gasteiger partial charge < -0.3 is 14.2 Å². The minimum absolute atomic E-state index is 0.0386. The second-order valence-electron chi connectivity index (χ2n) is 6.70. The van der Waals surface area contributed by atoms with Crippen molar-refractivity contribution in [3.8, 4) is 0 Å². The van der Waals surface area contributed by atoms with Crippen molar-refractivity contribution < 1.29 is 14.2 Å². The van der Waals surface area contributed by atoms with Crippen molar-refractivity contribution in [2.75, 3.05) is 19.8 Å². The van der Waals surface area contributed by atoms with E-state index in [-0.39, 0.29) is 11.9 Å². The molecule has 0 saturated carbocycles. The fourth-order valence-electron chi connectivity index (χ4n) is 3.54. The zero-order valence-electron chi connectivity index (χ0n) is 14.2. The fraction of sp³-hybridized carbons (Fsp3) is 0.429. The molecule has 4 heteroatoms. The molecule has 2 aromatic carbocycles. The predicted octanol–water partition coefficient (Wildman–Crippen LogP) is 4.70. The first-order valence-corrected chi connectivity index (χ1v) is 9.37. The summed E-state index contributed by atoms with van der Waals surface area (Å²) in [6, 6.07) is 16.4. The van der Waals surface area contributed by atoms with E-state index in [2.05, 4.69) is 36.4 Å². The molecule has 0 bridgehead atoms. The molecule has 2 aliphatic rings.